The molecule has 1 fully saturated rings. The number of halogens is 1. The van der Waals surface area contributed by atoms with E-state index < -0.39 is 0 Å². The van der Waals surface area contributed by atoms with Gasteiger partial charge in [0.15, 0.2) is 6.54 Å². The average molecular weight is 347 g/mol. The largest absolute Gasteiger partial charge is 0.339 e. The van der Waals surface area contributed by atoms with Gasteiger partial charge in [-0.25, -0.2) is 4.39 Å². The van der Waals surface area contributed by atoms with Crippen molar-refractivity contribution in [3.05, 3.63) is 58.0 Å². The zero-order valence-electron chi connectivity index (χ0n) is 13.9. The number of amides is 1. The van der Waals surface area contributed by atoms with Gasteiger partial charge in [0.2, 0.25) is 0 Å². The van der Waals surface area contributed by atoms with Crippen molar-refractivity contribution in [2.75, 3.05) is 19.6 Å². The molecule has 0 radical (unpaired) electrons. The van der Waals surface area contributed by atoms with Crippen LogP contribution in [0.1, 0.15) is 36.2 Å². The van der Waals surface area contributed by atoms with Crippen LogP contribution in [0.25, 0.3) is 0 Å². The molecule has 1 aliphatic heterocycles. The Balaban J connectivity index is 1.68. The first-order chi connectivity index (χ1) is 11.6. The molecule has 3 rings (SSSR count). The molecule has 0 saturated carbocycles. The number of rotatable bonds is 5. The number of thiophene rings is 1. The maximum atomic E-state index is 13.2. The summed E-state index contributed by atoms with van der Waals surface area (Å²) in [5.41, 5.74) is 0.912. The molecule has 1 aromatic heterocycles. The summed E-state index contributed by atoms with van der Waals surface area (Å²) in [4.78, 5) is 15.0. The van der Waals surface area contributed by atoms with Crippen LogP contribution in [0.3, 0.4) is 0 Å². The van der Waals surface area contributed by atoms with E-state index in [1.807, 2.05) is 17.5 Å². The van der Waals surface area contributed by atoms with Gasteiger partial charge in [-0.2, -0.15) is 0 Å². The average Bonchev–Trinajstić information content (AvgIpc) is 3.10. The Hall–Kier alpha value is -1.72. The minimum atomic E-state index is -0.262. The van der Waals surface area contributed by atoms with Crippen molar-refractivity contribution in [2.24, 2.45) is 5.92 Å². The Morgan fingerprint density at radius 1 is 1.29 bits per heavy atom. The Morgan fingerprint density at radius 3 is 2.62 bits per heavy atom. The van der Waals surface area contributed by atoms with Gasteiger partial charge in [-0.05, 0) is 47.9 Å². The highest BCUT2D eigenvalue weighted by molar-refractivity contribution is 7.10. The first-order valence-electron chi connectivity index (χ1n) is 8.53. The maximum Gasteiger partial charge on any atom is 0.275 e. The first kappa shape index (κ1) is 17.1. The molecule has 24 heavy (non-hydrogen) atoms. The van der Waals surface area contributed by atoms with E-state index in [2.05, 4.69) is 12.2 Å². The number of benzene rings is 1. The monoisotopic (exact) mass is 347 g/mol. The third kappa shape index (κ3) is 4.42. The molecule has 2 aromatic rings. The number of carbonyl (C=O) groups is 1. The molecule has 0 spiro atoms. The van der Waals surface area contributed by atoms with Gasteiger partial charge in [-0.1, -0.05) is 25.1 Å². The molecule has 1 saturated heterocycles. The molecule has 2 N–H and O–H groups in total. The van der Waals surface area contributed by atoms with E-state index in [0.29, 0.717) is 6.54 Å². The maximum absolute atomic E-state index is 13.2. The number of nitrogens with one attached hydrogen (secondary N) is 2. The van der Waals surface area contributed by atoms with Crippen LogP contribution in [0.4, 0.5) is 4.39 Å². The highest BCUT2D eigenvalue weighted by Gasteiger charge is 2.24. The lowest BCUT2D eigenvalue weighted by atomic mass is 9.99. The second-order valence-corrected chi connectivity index (χ2v) is 7.66. The zero-order chi connectivity index (χ0) is 16.9. The van der Waals surface area contributed by atoms with Crippen molar-refractivity contribution >= 4 is 17.2 Å². The van der Waals surface area contributed by atoms with E-state index in [0.717, 1.165) is 29.4 Å². The highest BCUT2D eigenvalue weighted by Crippen LogP contribution is 2.26. The van der Waals surface area contributed by atoms with Crippen LogP contribution in [0.5, 0.6) is 0 Å². The van der Waals surface area contributed by atoms with Crippen LogP contribution in [-0.4, -0.2) is 25.5 Å². The Bertz CT molecular complexity index is 649. The molecular formula is C19H24FN2OS+. The summed E-state index contributed by atoms with van der Waals surface area (Å²) in [6.07, 6.45) is 2.38. The van der Waals surface area contributed by atoms with E-state index in [1.165, 1.54) is 29.9 Å². The van der Waals surface area contributed by atoms with Crippen molar-refractivity contribution in [3.8, 4) is 0 Å². The van der Waals surface area contributed by atoms with E-state index in [4.69, 9.17) is 0 Å². The van der Waals surface area contributed by atoms with Gasteiger partial charge in [0.1, 0.15) is 5.82 Å². The normalized spacial score (nSPS) is 22.1. The standard InChI is InChI=1S/C19H23FN2OS/c1-14-8-10-22(11-9-14)13-18(23)21-19(17-3-2-12-24-17)15-4-6-16(20)7-5-15/h2-7,12,14,19H,8-11,13H2,1H3,(H,21,23)/p+1/t19-/m1/s1. The molecule has 1 amide bonds. The summed E-state index contributed by atoms with van der Waals surface area (Å²) < 4.78 is 13.2. The molecule has 0 bridgehead atoms. The molecule has 0 aliphatic carbocycles. The number of quaternary nitrogens is 1. The van der Waals surface area contributed by atoms with Crippen LogP contribution in [0, 0.1) is 11.7 Å². The van der Waals surface area contributed by atoms with Gasteiger partial charge in [-0.15, -0.1) is 11.3 Å². The summed E-state index contributed by atoms with van der Waals surface area (Å²) in [7, 11) is 0. The molecule has 3 nitrogen and oxygen atoms in total. The van der Waals surface area contributed by atoms with E-state index in [1.54, 1.807) is 23.5 Å². The number of carbonyl (C=O) groups excluding carboxylic acids is 1. The number of likely N-dealkylation sites (tertiary alicyclic amines) is 1. The molecule has 5 heteroatoms. The minimum absolute atomic E-state index is 0.0577. The molecule has 128 valence electrons. The molecule has 1 aromatic carbocycles. The van der Waals surface area contributed by atoms with Crippen LogP contribution in [0.15, 0.2) is 41.8 Å². The van der Waals surface area contributed by atoms with Gasteiger partial charge in [0.25, 0.3) is 5.91 Å². The molecule has 2 heterocycles. The van der Waals surface area contributed by atoms with Gasteiger partial charge in [0.05, 0.1) is 19.1 Å². The Labute approximate surface area is 146 Å². The SMILES string of the molecule is CC1CC[NH+](CC(=O)N[C@H](c2ccc(F)cc2)c2cccs2)CC1. The van der Waals surface area contributed by atoms with Crippen LogP contribution in [-0.2, 0) is 4.79 Å². The number of hydrogen-bond acceptors (Lipinski definition) is 2. The quantitative estimate of drug-likeness (QED) is 0.856. The first-order valence-corrected chi connectivity index (χ1v) is 9.41. The predicted molar refractivity (Wildman–Crippen MR) is 94.7 cm³/mol. The van der Waals surface area contributed by atoms with Crippen molar-refractivity contribution in [1.82, 2.24) is 5.32 Å². The fourth-order valence-corrected chi connectivity index (χ4v) is 4.02. The lowest BCUT2D eigenvalue weighted by Gasteiger charge is -2.27. The van der Waals surface area contributed by atoms with Crippen molar-refractivity contribution < 1.29 is 14.1 Å². The summed E-state index contributed by atoms with van der Waals surface area (Å²) in [6, 6.07) is 10.2. The van der Waals surface area contributed by atoms with Crippen LogP contribution in [0.2, 0.25) is 0 Å². The van der Waals surface area contributed by atoms with Gasteiger partial charge < -0.3 is 10.2 Å². The molecule has 1 aliphatic rings. The smallest absolute Gasteiger partial charge is 0.275 e. The summed E-state index contributed by atoms with van der Waals surface area (Å²) >= 11 is 1.60. The second-order valence-electron chi connectivity index (χ2n) is 6.68. The summed E-state index contributed by atoms with van der Waals surface area (Å²) in [5, 5.41) is 5.14. The van der Waals surface area contributed by atoms with Crippen LogP contribution >= 0.6 is 11.3 Å². The van der Waals surface area contributed by atoms with E-state index in [-0.39, 0.29) is 17.8 Å². The summed E-state index contributed by atoms with van der Waals surface area (Å²) in [6.45, 7) is 4.91. The third-order valence-electron chi connectivity index (χ3n) is 4.73. The fourth-order valence-electron chi connectivity index (χ4n) is 3.22. The molecule has 1 atom stereocenters. The predicted octanol–water partition coefficient (Wildman–Crippen LogP) is 2.41. The van der Waals surface area contributed by atoms with Gasteiger partial charge in [-0.3, -0.25) is 4.79 Å². The zero-order valence-corrected chi connectivity index (χ0v) is 14.7. The second kappa shape index (κ2) is 7.90. The third-order valence-corrected chi connectivity index (χ3v) is 5.67. The van der Waals surface area contributed by atoms with E-state index in [9.17, 15) is 9.18 Å². The number of piperidine rings is 1. The number of hydrogen-bond donors (Lipinski definition) is 2. The summed E-state index contributed by atoms with van der Waals surface area (Å²) in [5.74, 6) is 0.569. The Kier molecular flexibility index (Phi) is 5.63. The lowest BCUT2D eigenvalue weighted by Crippen LogP contribution is -3.14. The minimum Gasteiger partial charge on any atom is -0.339 e. The topological polar surface area (TPSA) is 33.5 Å². The van der Waals surface area contributed by atoms with Gasteiger partial charge >= 0.3 is 0 Å². The highest BCUT2D eigenvalue weighted by atomic mass is 32.1. The van der Waals surface area contributed by atoms with Crippen molar-refractivity contribution in [2.45, 2.75) is 25.8 Å². The van der Waals surface area contributed by atoms with Crippen molar-refractivity contribution in [1.29, 1.82) is 0 Å². The lowest BCUT2D eigenvalue weighted by molar-refractivity contribution is -0.898. The fraction of sp³-hybridized carbons (Fsp3) is 0.421. The van der Waals surface area contributed by atoms with Crippen molar-refractivity contribution in [3.63, 3.8) is 0 Å². The van der Waals surface area contributed by atoms with Crippen LogP contribution < -0.4 is 10.2 Å². The van der Waals surface area contributed by atoms with E-state index >= 15 is 0 Å². The van der Waals surface area contributed by atoms with Gasteiger partial charge in [0, 0.05) is 4.88 Å². The Morgan fingerprint density at radius 2 is 2.00 bits per heavy atom. The molecular weight excluding hydrogens is 323 g/mol. The molecule has 0 unspecified atom stereocenters.